The van der Waals surface area contributed by atoms with E-state index in [-0.39, 0.29) is 31.6 Å². The van der Waals surface area contributed by atoms with Crippen molar-refractivity contribution in [3.05, 3.63) is 0 Å². The normalized spacial score (nSPS) is 24.5. The molecule has 5 N–H and O–H groups in total. The highest BCUT2D eigenvalue weighted by molar-refractivity contribution is 7.86. The molecule has 1 aliphatic carbocycles. The Hall–Kier alpha value is -2.06. The number of carbonyl (C=O) groups excluding carboxylic acids is 3. The number of hydrogen-bond donors (Lipinski definition) is 5. The first-order chi connectivity index (χ1) is 16.9. The minimum Gasteiger partial charge on any atom is -0.449 e. The van der Waals surface area contributed by atoms with E-state index in [0.717, 1.165) is 0 Å². The molecule has 1 unspecified atom stereocenters. The van der Waals surface area contributed by atoms with Crippen molar-refractivity contribution < 1.29 is 48.7 Å². The number of aliphatic hydroxyl groups excluding tert-OH is 1. The standard InChI is InChI=1S/C21H35F2N3O8S/c1-12(2)9-15(26-20(30)34-11-13-3-6-21(22,23)7-4-13)18(28)25-16(19(29)35(31,32)33)10-14-5-8-24-17(14)27/h12-16,19,29H,3-11H2,1-2H3,(H,24,27)(H,25,28)(H,26,30)(H,31,32,33)/t14-,15-,16-,19?/m0/s1/i11D2. The fourth-order valence-electron chi connectivity index (χ4n) is 4.08. The molecule has 2 fully saturated rings. The molecule has 1 saturated carbocycles. The Bertz CT molecular complexity index is 944. The van der Waals surface area contributed by atoms with Crippen LogP contribution in [0.25, 0.3) is 0 Å². The maximum atomic E-state index is 13.4. The SMILES string of the molecule is [2H]C([2H])(OC(=O)N[C@@H](CC(C)C)C(=O)N[C@@H](C[C@@H]1CCNC1=O)C(O)S(=O)(=O)O)C1CCC(F)(F)CC1. The van der Waals surface area contributed by atoms with Crippen molar-refractivity contribution in [3.63, 3.8) is 0 Å². The van der Waals surface area contributed by atoms with Crippen LogP contribution in [0.1, 0.15) is 61.5 Å². The van der Waals surface area contributed by atoms with E-state index >= 15 is 0 Å². The number of aliphatic hydroxyl groups is 1. The van der Waals surface area contributed by atoms with Gasteiger partial charge in [0.15, 0.2) is 0 Å². The molecule has 1 aliphatic heterocycles. The van der Waals surface area contributed by atoms with E-state index < -0.39 is 82.7 Å². The van der Waals surface area contributed by atoms with Crippen LogP contribution < -0.4 is 16.0 Å². The van der Waals surface area contributed by atoms with Gasteiger partial charge in [0.1, 0.15) is 6.04 Å². The lowest BCUT2D eigenvalue weighted by molar-refractivity contribution is -0.126. The zero-order chi connectivity index (χ0) is 28.2. The van der Waals surface area contributed by atoms with E-state index in [2.05, 4.69) is 16.0 Å². The van der Waals surface area contributed by atoms with Gasteiger partial charge in [-0.25, -0.2) is 13.6 Å². The van der Waals surface area contributed by atoms with Crippen molar-refractivity contribution in [2.75, 3.05) is 13.1 Å². The molecule has 14 heteroatoms. The third-order valence-electron chi connectivity index (χ3n) is 6.03. The maximum Gasteiger partial charge on any atom is 0.407 e. The second-order valence-corrected chi connectivity index (χ2v) is 11.0. The van der Waals surface area contributed by atoms with Gasteiger partial charge in [-0.05, 0) is 43.9 Å². The van der Waals surface area contributed by atoms with Gasteiger partial charge in [0.05, 0.1) is 15.3 Å². The Kier molecular flexibility index (Phi) is 9.11. The Labute approximate surface area is 206 Å². The number of alkyl carbamates (subject to hydrolysis) is 1. The topological polar surface area (TPSA) is 171 Å². The summed E-state index contributed by atoms with van der Waals surface area (Å²) in [5.41, 5.74) is -2.45. The number of ether oxygens (including phenoxy) is 1. The van der Waals surface area contributed by atoms with Crippen LogP contribution in [0.4, 0.5) is 13.6 Å². The quantitative estimate of drug-likeness (QED) is 0.248. The van der Waals surface area contributed by atoms with Crippen molar-refractivity contribution in [2.45, 2.75) is 82.2 Å². The van der Waals surface area contributed by atoms with Crippen LogP contribution in [-0.4, -0.2) is 72.5 Å². The number of hydrogen-bond acceptors (Lipinski definition) is 7. The third-order valence-corrected chi connectivity index (χ3v) is 6.97. The Morgan fingerprint density at radius 2 is 1.89 bits per heavy atom. The lowest BCUT2D eigenvalue weighted by Crippen LogP contribution is -2.55. The minimum atomic E-state index is -5.03. The van der Waals surface area contributed by atoms with Crippen LogP contribution in [0.5, 0.6) is 0 Å². The van der Waals surface area contributed by atoms with Gasteiger partial charge in [-0.2, -0.15) is 8.42 Å². The van der Waals surface area contributed by atoms with E-state index in [1.54, 1.807) is 13.8 Å². The number of halogens is 2. The number of nitrogens with one attached hydrogen (secondary N) is 3. The smallest absolute Gasteiger partial charge is 0.407 e. The maximum absolute atomic E-state index is 13.4. The first-order valence-electron chi connectivity index (χ1n) is 12.5. The van der Waals surface area contributed by atoms with E-state index in [1.807, 2.05) is 0 Å². The van der Waals surface area contributed by atoms with Gasteiger partial charge in [0.25, 0.3) is 10.1 Å². The molecular formula is C21H35F2N3O8S. The molecule has 3 amide bonds. The molecular weight excluding hydrogens is 492 g/mol. The fraction of sp³-hybridized carbons (Fsp3) is 0.857. The Morgan fingerprint density at radius 1 is 1.26 bits per heavy atom. The molecule has 1 heterocycles. The third kappa shape index (κ3) is 9.49. The van der Waals surface area contributed by atoms with E-state index in [4.69, 9.17) is 7.48 Å². The number of alkyl halides is 2. The number of amides is 3. The van der Waals surface area contributed by atoms with Crippen molar-refractivity contribution in [1.82, 2.24) is 16.0 Å². The zero-order valence-electron chi connectivity index (χ0n) is 21.6. The summed E-state index contributed by atoms with van der Waals surface area (Å²) in [6.45, 7) is 1.15. The second-order valence-electron chi connectivity index (χ2n) is 9.50. The van der Waals surface area contributed by atoms with Gasteiger partial charge in [0.2, 0.25) is 23.2 Å². The Balaban J connectivity index is 2.11. The summed E-state index contributed by atoms with van der Waals surface area (Å²) >= 11 is 0. The lowest BCUT2D eigenvalue weighted by Gasteiger charge is -2.29. The van der Waals surface area contributed by atoms with Crippen LogP contribution in [0.15, 0.2) is 0 Å². The van der Waals surface area contributed by atoms with Crippen LogP contribution in [0.2, 0.25) is 0 Å². The zero-order valence-corrected chi connectivity index (χ0v) is 20.4. The van der Waals surface area contributed by atoms with Gasteiger partial charge in [-0.3, -0.25) is 14.1 Å². The molecule has 11 nitrogen and oxygen atoms in total. The highest BCUT2D eigenvalue weighted by Gasteiger charge is 2.38. The van der Waals surface area contributed by atoms with Crippen LogP contribution in [0, 0.1) is 17.8 Å². The summed E-state index contributed by atoms with van der Waals surface area (Å²) in [5.74, 6) is -6.18. The lowest BCUT2D eigenvalue weighted by atomic mass is 9.87. The summed E-state index contributed by atoms with van der Waals surface area (Å²) in [6.07, 6.45) is -2.82. The fourth-order valence-corrected chi connectivity index (χ4v) is 4.68. The molecule has 0 aromatic rings. The molecule has 0 aromatic heterocycles. The van der Waals surface area contributed by atoms with Crippen LogP contribution in [0.3, 0.4) is 0 Å². The minimum absolute atomic E-state index is 0.00180. The van der Waals surface area contributed by atoms with Gasteiger partial charge in [0, 0.05) is 25.3 Å². The molecule has 2 aliphatic rings. The van der Waals surface area contributed by atoms with E-state index in [1.165, 1.54) is 0 Å². The monoisotopic (exact) mass is 529 g/mol. The molecule has 1 saturated heterocycles. The Morgan fingerprint density at radius 3 is 2.40 bits per heavy atom. The average Bonchev–Trinajstić information content (AvgIpc) is 3.14. The van der Waals surface area contributed by atoms with Crippen LogP contribution in [-0.2, 0) is 24.4 Å². The van der Waals surface area contributed by atoms with Crippen molar-refractivity contribution in [1.29, 1.82) is 0 Å². The predicted molar refractivity (Wildman–Crippen MR) is 120 cm³/mol. The summed E-state index contributed by atoms with van der Waals surface area (Å²) in [5, 5.41) is 17.1. The highest BCUT2D eigenvalue weighted by atomic mass is 32.2. The van der Waals surface area contributed by atoms with Crippen LogP contribution >= 0.6 is 0 Å². The van der Waals surface area contributed by atoms with E-state index in [9.17, 15) is 41.2 Å². The largest absolute Gasteiger partial charge is 0.449 e. The van der Waals surface area contributed by atoms with Crippen molar-refractivity contribution >= 4 is 28.0 Å². The molecule has 0 spiro atoms. The molecule has 202 valence electrons. The van der Waals surface area contributed by atoms with Gasteiger partial charge >= 0.3 is 6.09 Å². The van der Waals surface area contributed by atoms with Gasteiger partial charge in [-0.15, -0.1) is 0 Å². The molecule has 0 aromatic carbocycles. The number of rotatable bonds is 11. The molecule has 4 atom stereocenters. The first-order valence-corrected chi connectivity index (χ1v) is 13.0. The molecule has 0 bridgehead atoms. The summed E-state index contributed by atoms with van der Waals surface area (Å²) < 4.78 is 80.2. The van der Waals surface area contributed by atoms with Crippen molar-refractivity contribution in [3.8, 4) is 0 Å². The summed E-state index contributed by atoms with van der Waals surface area (Å²) in [7, 11) is -5.03. The first kappa shape index (κ1) is 26.0. The van der Waals surface area contributed by atoms with Gasteiger partial charge in [-0.1, -0.05) is 13.8 Å². The highest BCUT2D eigenvalue weighted by Crippen LogP contribution is 2.36. The summed E-state index contributed by atoms with van der Waals surface area (Å²) in [4.78, 5) is 37.4. The molecule has 35 heavy (non-hydrogen) atoms. The van der Waals surface area contributed by atoms with Crippen molar-refractivity contribution in [2.24, 2.45) is 17.8 Å². The summed E-state index contributed by atoms with van der Waals surface area (Å²) in [6, 6.07) is -2.97. The molecule has 2 rings (SSSR count). The average molecular weight is 530 g/mol. The predicted octanol–water partition coefficient (Wildman–Crippen LogP) is 1.17. The van der Waals surface area contributed by atoms with Gasteiger partial charge < -0.3 is 25.8 Å². The molecule has 0 radical (unpaired) electrons. The van der Waals surface area contributed by atoms with E-state index in [0.29, 0.717) is 13.0 Å². The second kappa shape index (κ2) is 12.3. The number of carbonyl (C=O) groups is 3.